The minimum absolute atomic E-state index is 0.327. The maximum absolute atomic E-state index is 9.26. The van der Waals surface area contributed by atoms with Crippen LogP contribution in [0.15, 0.2) is 36.4 Å². The Morgan fingerprint density at radius 1 is 1.00 bits per heavy atom. The fourth-order valence-corrected chi connectivity index (χ4v) is 2.90. The molecule has 0 aliphatic rings. The molecule has 2 rings (SSSR count). The molecule has 0 atom stereocenters. The Labute approximate surface area is 107 Å². The molecule has 1 heterocycles. The molecule has 0 amide bonds. The first-order chi connectivity index (χ1) is 8.29. The van der Waals surface area contributed by atoms with E-state index in [0.717, 1.165) is 0 Å². The van der Waals surface area contributed by atoms with Crippen molar-refractivity contribution in [1.82, 2.24) is 0 Å². The molecule has 0 spiro atoms. The summed E-state index contributed by atoms with van der Waals surface area (Å²) >= 11 is 1.86. The summed E-state index contributed by atoms with van der Waals surface area (Å²) in [6.45, 7) is 2.23. The normalized spacial score (nSPS) is 10.6. The zero-order valence-corrected chi connectivity index (χ0v) is 11.0. The molecule has 2 aromatic rings. The molecule has 90 valence electrons. The van der Waals surface area contributed by atoms with Crippen molar-refractivity contribution in [2.24, 2.45) is 0 Å². The van der Waals surface area contributed by atoms with Gasteiger partial charge in [0.05, 0.1) is 0 Å². The fourth-order valence-electron chi connectivity index (χ4n) is 1.84. The Hall–Kier alpha value is -1.28. The van der Waals surface area contributed by atoms with Crippen molar-refractivity contribution in [3.63, 3.8) is 0 Å². The van der Waals surface area contributed by atoms with Crippen molar-refractivity contribution in [2.45, 2.75) is 32.6 Å². The molecule has 1 aromatic heterocycles. The smallest absolute Gasteiger partial charge is 0.115 e. The van der Waals surface area contributed by atoms with Crippen LogP contribution in [-0.2, 0) is 6.42 Å². The molecule has 0 saturated carbocycles. The average Bonchev–Trinajstić information content (AvgIpc) is 2.79. The molecule has 0 bridgehead atoms. The average molecular weight is 246 g/mol. The lowest BCUT2D eigenvalue weighted by Crippen LogP contribution is -1.78. The molecule has 1 aromatic carbocycles. The van der Waals surface area contributed by atoms with Gasteiger partial charge in [-0.25, -0.2) is 0 Å². The van der Waals surface area contributed by atoms with Crippen LogP contribution in [0.2, 0.25) is 0 Å². The molecule has 0 aliphatic carbocycles. The Balaban J connectivity index is 2.04. The zero-order chi connectivity index (χ0) is 12.1. The van der Waals surface area contributed by atoms with E-state index < -0.39 is 0 Å². The van der Waals surface area contributed by atoms with Gasteiger partial charge in [0.25, 0.3) is 0 Å². The summed E-state index contributed by atoms with van der Waals surface area (Å²) in [6, 6.07) is 11.8. The molecular weight excluding hydrogens is 228 g/mol. The van der Waals surface area contributed by atoms with E-state index in [1.807, 2.05) is 23.5 Å². The van der Waals surface area contributed by atoms with Crippen molar-refractivity contribution in [3.8, 4) is 16.2 Å². The Morgan fingerprint density at radius 2 is 1.76 bits per heavy atom. The summed E-state index contributed by atoms with van der Waals surface area (Å²) < 4.78 is 0. The third-order valence-corrected chi connectivity index (χ3v) is 4.03. The van der Waals surface area contributed by atoms with E-state index in [0.29, 0.717) is 5.75 Å². The summed E-state index contributed by atoms with van der Waals surface area (Å²) in [5, 5.41) is 9.26. The van der Waals surface area contributed by atoms with Gasteiger partial charge in [-0.3, -0.25) is 0 Å². The largest absolute Gasteiger partial charge is 0.508 e. The lowest BCUT2D eigenvalue weighted by atomic mass is 10.1. The standard InChI is InChI=1S/C15H18OS/c1-2-3-4-5-14-10-11-15(17-14)12-6-8-13(16)9-7-12/h6-11,16H,2-5H2,1H3. The number of unbranched alkanes of at least 4 members (excludes halogenated alkanes) is 2. The van der Waals surface area contributed by atoms with Crippen LogP contribution in [0.25, 0.3) is 10.4 Å². The second kappa shape index (κ2) is 5.87. The summed E-state index contributed by atoms with van der Waals surface area (Å²) in [6.07, 6.45) is 5.06. The Morgan fingerprint density at radius 3 is 2.47 bits per heavy atom. The van der Waals surface area contributed by atoms with Gasteiger partial charge in [-0.1, -0.05) is 19.8 Å². The van der Waals surface area contributed by atoms with Gasteiger partial charge in [0.1, 0.15) is 5.75 Å². The predicted octanol–water partition coefficient (Wildman–Crippen LogP) is 4.85. The lowest BCUT2D eigenvalue weighted by molar-refractivity contribution is 0.475. The van der Waals surface area contributed by atoms with E-state index in [4.69, 9.17) is 0 Å². The molecule has 1 nitrogen and oxygen atoms in total. The summed E-state index contributed by atoms with van der Waals surface area (Å²) in [4.78, 5) is 2.75. The van der Waals surface area contributed by atoms with Gasteiger partial charge in [0.2, 0.25) is 0 Å². The van der Waals surface area contributed by atoms with Crippen LogP contribution in [0.4, 0.5) is 0 Å². The molecule has 0 radical (unpaired) electrons. The molecule has 1 N–H and O–H groups in total. The Kier molecular flexibility index (Phi) is 4.21. The minimum atomic E-state index is 0.327. The highest BCUT2D eigenvalue weighted by atomic mass is 32.1. The first-order valence-corrected chi connectivity index (χ1v) is 6.99. The van der Waals surface area contributed by atoms with E-state index in [9.17, 15) is 5.11 Å². The summed E-state index contributed by atoms with van der Waals surface area (Å²) in [7, 11) is 0. The lowest BCUT2D eigenvalue weighted by Gasteiger charge is -1.98. The van der Waals surface area contributed by atoms with E-state index in [2.05, 4.69) is 19.1 Å². The van der Waals surface area contributed by atoms with Crippen molar-refractivity contribution < 1.29 is 5.11 Å². The zero-order valence-electron chi connectivity index (χ0n) is 10.1. The highest BCUT2D eigenvalue weighted by molar-refractivity contribution is 7.15. The number of hydrogen-bond donors (Lipinski definition) is 1. The molecule has 0 aliphatic heterocycles. The maximum Gasteiger partial charge on any atom is 0.115 e. The molecule has 0 saturated heterocycles. The first kappa shape index (κ1) is 12.2. The van der Waals surface area contributed by atoms with Gasteiger partial charge in [0.15, 0.2) is 0 Å². The van der Waals surface area contributed by atoms with E-state index in [1.54, 1.807) is 12.1 Å². The van der Waals surface area contributed by atoms with Crippen LogP contribution < -0.4 is 0 Å². The number of aryl methyl sites for hydroxylation is 1. The summed E-state index contributed by atoms with van der Waals surface area (Å²) in [5.41, 5.74) is 1.19. The number of phenolic OH excluding ortho intramolecular Hbond substituents is 1. The van der Waals surface area contributed by atoms with Gasteiger partial charge in [-0.2, -0.15) is 0 Å². The third-order valence-electron chi connectivity index (χ3n) is 2.84. The van der Waals surface area contributed by atoms with Crippen molar-refractivity contribution in [3.05, 3.63) is 41.3 Å². The third kappa shape index (κ3) is 3.34. The van der Waals surface area contributed by atoms with Crippen molar-refractivity contribution in [2.75, 3.05) is 0 Å². The monoisotopic (exact) mass is 246 g/mol. The molecule has 17 heavy (non-hydrogen) atoms. The number of hydrogen-bond acceptors (Lipinski definition) is 2. The van der Waals surface area contributed by atoms with Gasteiger partial charge in [-0.15, -0.1) is 11.3 Å². The number of thiophene rings is 1. The molecule has 0 unspecified atom stereocenters. The second-order valence-corrected chi connectivity index (χ2v) is 5.44. The first-order valence-electron chi connectivity index (χ1n) is 6.17. The number of aromatic hydroxyl groups is 1. The number of rotatable bonds is 5. The predicted molar refractivity (Wildman–Crippen MR) is 74.6 cm³/mol. The summed E-state index contributed by atoms with van der Waals surface area (Å²) in [5.74, 6) is 0.327. The van der Waals surface area contributed by atoms with Crippen LogP contribution in [0.3, 0.4) is 0 Å². The number of phenols is 1. The molecular formula is C15H18OS. The van der Waals surface area contributed by atoms with Crippen LogP contribution in [0.1, 0.15) is 31.1 Å². The quantitative estimate of drug-likeness (QED) is 0.747. The number of benzene rings is 1. The van der Waals surface area contributed by atoms with Crippen molar-refractivity contribution >= 4 is 11.3 Å². The van der Waals surface area contributed by atoms with Gasteiger partial charge in [-0.05, 0) is 54.8 Å². The van der Waals surface area contributed by atoms with Crippen LogP contribution in [0, 0.1) is 0 Å². The molecule has 0 fully saturated rings. The topological polar surface area (TPSA) is 20.2 Å². The second-order valence-electron chi connectivity index (χ2n) is 4.27. The SMILES string of the molecule is CCCCCc1ccc(-c2ccc(O)cc2)s1. The van der Waals surface area contributed by atoms with Gasteiger partial charge < -0.3 is 5.11 Å². The van der Waals surface area contributed by atoms with Crippen LogP contribution in [0.5, 0.6) is 5.75 Å². The highest BCUT2D eigenvalue weighted by Gasteiger charge is 2.02. The highest BCUT2D eigenvalue weighted by Crippen LogP contribution is 2.29. The van der Waals surface area contributed by atoms with E-state index in [1.165, 1.54) is 41.0 Å². The van der Waals surface area contributed by atoms with Gasteiger partial charge in [0, 0.05) is 9.75 Å². The Bertz CT molecular complexity index is 456. The minimum Gasteiger partial charge on any atom is -0.508 e. The molecule has 2 heteroatoms. The fraction of sp³-hybridized carbons (Fsp3) is 0.333. The van der Waals surface area contributed by atoms with E-state index in [-0.39, 0.29) is 0 Å². The van der Waals surface area contributed by atoms with Crippen molar-refractivity contribution in [1.29, 1.82) is 0 Å². The van der Waals surface area contributed by atoms with E-state index >= 15 is 0 Å². The van der Waals surface area contributed by atoms with Gasteiger partial charge >= 0.3 is 0 Å². The van der Waals surface area contributed by atoms with Crippen LogP contribution >= 0.6 is 11.3 Å². The maximum atomic E-state index is 9.26. The van der Waals surface area contributed by atoms with Crippen LogP contribution in [-0.4, -0.2) is 5.11 Å².